The molecule has 2 aromatic rings. The fourth-order valence-electron chi connectivity index (χ4n) is 1.11. The zero-order valence-corrected chi connectivity index (χ0v) is 7.35. The predicted octanol–water partition coefficient (Wildman–Crippen LogP) is 1.21. The van der Waals surface area contributed by atoms with Gasteiger partial charge in [0.2, 0.25) is 4.77 Å². The number of H-pyrrole nitrogens is 1. The van der Waals surface area contributed by atoms with Gasteiger partial charge in [-0.15, -0.1) is 0 Å². The van der Waals surface area contributed by atoms with Crippen LogP contribution in [0.25, 0.3) is 11.0 Å². The topological polar surface area (TPSA) is 59.6 Å². The average Bonchev–Trinajstić information content (AvgIpc) is 2.48. The largest absolute Gasteiger partial charge is 0.384 e. The van der Waals surface area contributed by atoms with Crippen molar-refractivity contribution in [2.24, 2.45) is 7.05 Å². The Morgan fingerprint density at radius 3 is 3.17 bits per heavy atom. The molecule has 62 valence electrons. The van der Waals surface area contributed by atoms with Gasteiger partial charge in [0, 0.05) is 13.2 Å². The van der Waals surface area contributed by atoms with Gasteiger partial charge in [0.25, 0.3) is 0 Å². The molecule has 0 unspecified atom stereocenters. The zero-order chi connectivity index (χ0) is 8.72. The highest BCUT2D eigenvalue weighted by Gasteiger charge is 2.02. The normalized spacial score (nSPS) is 10.8. The molecular formula is C7H8N4S. The first-order chi connectivity index (χ1) is 5.70. The lowest BCUT2D eigenvalue weighted by Gasteiger charge is -2.03. The van der Waals surface area contributed by atoms with Crippen LogP contribution in [0.15, 0.2) is 12.3 Å². The van der Waals surface area contributed by atoms with Crippen LogP contribution in [0.3, 0.4) is 0 Å². The van der Waals surface area contributed by atoms with Crippen molar-refractivity contribution in [3.05, 3.63) is 17.0 Å². The Kier molecular flexibility index (Phi) is 1.41. The first kappa shape index (κ1) is 7.30. The Morgan fingerprint density at radius 2 is 2.42 bits per heavy atom. The highest BCUT2D eigenvalue weighted by molar-refractivity contribution is 7.71. The van der Waals surface area contributed by atoms with Crippen molar-refractivity contribution in [3.8, 4) is 0 Å². The van der Waals surface area contributed by atoms with E-state index in [2.05, 4.69) is 9.97 Å². The van der Waals surface area contributed by atoms with E-state index < -0.39 is 0 Å². The van der Waals surface area contributed by atoms with Crippen LogP contribution in [-0.4, -0.2) is 14.5 Å². The summed E-state index contributed by atoms with van der Waals surface area (Å²) in [5, 5.41) is 0.908. The molecule has 2 rings (SSSR count). The Labute approximate surface area is 74.0 Å². The van der Waals surface area contributed by atoms with Crippen LogP contribution in [0, 0.1) is 4.77 Å². The second kappa shape index (κ2) is 2.31. The second-order valence-corrected chi connectivity index (χ2v) is 2.94. The Bertz CT molecular complexity index is 482. The second-order valence-electron chi connectivity index (χ2n) is 2.58. The summed E-state index contributed by atoms with van der Waals surface area (Å²) in [4.78, 5) is 7.10. The van der Waals surface area contributed by atoms with Crippen molar-refractivity contribution in [2.45, 2.75) is 0 Å². The average molecular weight is 180 g/mol. The maximum atomic E-state index is 5.80. The quantitative estimate of drug-likeness (QED) is 0.599. The molecule has 5 heteroatoms. The molecule has 0 saturated carbocycles. The van der Waals surface area contributed by atoms with Gasteiger partial charge in [0.15, 0.2) is 0 Å². The molecule has 12 heavy (non-hydrogen) atoms. The molecule has 3 N–H and O–H groups in total. The maximum absolute atomic E-state index is 5.80. The molecule has 4 nitrogen and oxygen atoms in total. The van der Waals surface area contributed by atoms with E-state index in [9.17, 15) is 0 Å². The molecule has 0 amide bonds. The van der Waals surface area contributed by atoms with Crippen molar-refractivity contribution in [3.63, 3.8) is 0 Å². The molecule has 0 bridgehead atoms. The summed E-state index contributed by atoms with van der Waals surface area (Å²) in [7, 11) is 1.80. The number of nitrogen functional groups attached to an aromatic ring is 1. The Hall–Kier alpha value is -1.36. The van der Waals surface area contributed by atoms with Crippen molar-refractivity contribution >= 4 is 29.1 Å². The standard InChI is InChI=1S/C7H8N4S/c1-11-5(8)4-2-3-9-6(4)10-7(11)12/h2-3H,8H2,1H3,(H,9,10,12). The van der Waals surface area contributed by atoms with Crippen molar-refractivity contribution in [1.82, 2.24) is 14.5 Å². The first-order valence-electron chi connectivity index (χ1n) is 3.50. The Balaban J connectivity index is 3.04. The van der Waals surface area contributed by atoms with Crippen molar-refractivity contribution in [1.29, 1.82) is 0 Å². The lowest BCUT2D eigenvalue weighted by atomic mass is 10.4. The summed E-state index contributed by atoms with van der Waals surface area (Å²) in [5.41, 5.74) is 6.55. The van der Waals surface area contributed by atoms with Gasteiger partial charge in [0.1, 0.15) is 11.5 Å². The van der Waals surface area contributed by atoms with Crippen LogP contribution in [0.2, 0.25) is 0 Å². The summed E-state index contributed by atoms with van der Waals surface area (Å²) >= 11 is 4.99. The smallest absolute Gasteiger partial charge is 0.202 e. The van der Waals surface area contributed by atoms with E-state index in [0.29, 0.717) is 10.6 Å². The summed E-state index contributed by atoms with van der Waals surface area (Å²) in [5.74, 6) is 0.645. The molecule has 0 aliphatic heterocycles. The minimum absolute atomic E-state index is 0.488. The third-order valence-corrected chi connectivity index (χ3v) is 2.22. The van der Waals surface area contributed by atoms with Crippen LogP contribution in [0.5, 0.6) is 0 Å². The summed E-state index contributed by atoms with van der Waals surface area (Å²) in [6, 6.07) is 1.88. The summed E-state index contributed by atoms with van der Waals surface area (Å²) < 4.78 is 2.17. The number of anilines is 1. The zero-order valence-electron chi connectivity index (χ0n) is 6.53. The molecule has 0 radical (unpaired) electrons. The van der Waals surface area contributed by atoms with Crippen LogP contribution >= 0.6 is 12.2 Å². The van der Waals surface area contributed by atoms with E-state index >= 15 is 0 Å². The highest BCUT2D eigenvalue weighted by Crippen LogP contribution is 2.16. The van der Waals surface area contributed by atoms with Crippen LogP contribution in [0.1, 0.15) is 0 Å². The van der Waals surface area contributed by atoms with Gasteiger partial charge in [-0.1, -0.05) is 0 Å². The molecule has 0 saturated heterocycles. The van der Waals surface area contributed by atoms with E-state index in [-0.39, 0.29) is 0 Å². The molecular weight excluding hydrogens is 172 g/mol. The minimum Gasteiger partial charge on any atom is -0.384 e. The number of aromatic amines is 1. The van der Waals surface area contributed by atoms with Gasteiger partial charge < -0.3 is 15.3 Å². The van der Waals surface area contributed by atoms with Gasteiger partial charge in [-0.3, -0.25) is 0 Å². The summed E-state index contributed by atoms with van der Waals surface area (Å²) in [6.45, 7) is 0. The van der Waals surface area contributed by atoms with Gasteiger partial charge in [-0.25, -0.2) is 4.98 Å². The number of nitrogens with two attached hydrogens (primary N) is 1. The van der Waals surface area contributed by atoms with Gasteiger partial charge >= 0.3 is 0 Å². The third kappa shape index (κ3) is 0.831. The SMILES string of the molecule is Cn1c(N)c2cc[nH]c2nc1=S. The predicted molar refractivity (Wildman–Crippen MR) is 50.3 cm³/mol. The molecule has 0 aliphatic carbocycles. The highest BCUT2D eigenvalue weighted by atomic mass is 32.1. The van der Waals surface area contributed by atoms with Crippen LogP contribution in [0.4, 0.5) is 5.82 Å². The van der Waals surface area contributed by atoms with E-state index in [4.69, 9.17) is 18.0 Å². The number of nitrogens with zero attached hydrogens (tertiary/aromatic N) is 2. The fraction of sp³-hybridized carbons (Fsp3) is 0.143. The molecule has 0 spiro atoms. The fourth-order valence-corrected chi connectivity index (χ4v) is 1.30. The molecule has 0 aliphatic rings. The minimum atomic E-state index is 0.488. The van der Waals surface area contributed by atoms with E-state index in [1.165, 1.54) is 0 Å². The molecule has 0 atom stereocenters. The number of aromatic nitrogens is 3. The van der Waals surface area contributed by atoms with Crippen LogP contribution < -0.4 is 5.73 Å². The number of rotatable bonds is 0. The van der Waals surface area contributed by atoms with E-state index in [0.717, 1.165) is 11.0 Å². The maximum Gasteiger partial charge on any atom is 0.202 e. The number of hydrogen-bond donors (Lipinski definition) is 2. The van der Waals surface area contributed by atoms with Gasteiger partial charge in [-0.05, 0) is 18.3 Å². The van der Waals surface area contributed by atoms with Gasteiger partial charge in [0.05, 0.1) is 5.39 Å². The van der Waals surface area contributed by atoms with Crippen molar-refractivity contribution in [2.75, 3.05) is 5.73 Å². The lowest BCUT2D eigenvalue weighted by Crippen LogP contribution is -2.03. The molecule has 0 fully saturated rings. The molecule has 0 aromatic carbocycles. The van der Waals surface area contributed by atoms with E-state index in [1.807, 2.05) is 6.07 Å². The summed E-state index contributed by atoms with van der Waals surface area (Å²) in [6.07, 6.45) is 1.79. The van der Waals surface area contributed by atoms with E-state index in [1.54, 1.807) is 17.8 Å². The molecule has 2 aromatic heterocycles. The number of nitrogens with one attached hydrogen (secondary N) is 1. The monoisotopic (exact) mass is 180 g/mol. The van der Waals surface area contributed by atoms with Gasteiger partial charge in [-0.2, -0.15) is 0 Å². The third-order valence-electron chi connectivity index (χ3n) is 1.86. The Morgan fingerprint density at radius 1 is 1.67 bits per heavy atom. The molecule has 2 heterocycles. The van der Waals surface area contributed by atoms with Crippen molar-refractivity contribution < 1.29 is 0 Å². The number of hydrogen-bond acceptors (Lipinski definition) is 3. The number of fused-ring (bicyclic) bond motifs is 1. The lowest BCUT2D eigenvalue weighted by molar-refractivity contribution is 0.872. The first-order valence-corrected chi connectivity index (χ1v) is 3.90. The van der Waals surface area contributed by atoms with Crippen LogP contribution in [-0.2, 0) is 7.05 Å².